The standard InChI is InChI=1S/C44H73NO30/c1-6-63-44(62)37(61)36(73-40-34(65-16(2)3)28(57)24(53)17(12-46)68-40)42(74-44)72-35-29(58)25(54)18(13-47)69-41(35)71-33-27(56)20(15-49)67-39(31(33)60)70-32-26(55)19(14-48)66-38(30(32)59)43(4,5)64-11-7-8-23(52)75-45-21(50)9-10-22(45)51/h16-20,24-42,46-49,53-62H,6-15H2,1-5H3/t17?,18?,19?,20?,24-,25-,26-,27+,28?,29?,30?,31?,32?,33?,34?,35?,36?,37?,38+,39-,40-,41-,42+,44-/m1/s1. The Kier molecular flexibility index (Phi) is 21.6. The first-order valence-corrected chi connectivity index (χ1v) is 24.6. The summed E-state index contributed by atoms with van der Waals surface area (Å²) in [6.07, 6.45) is -44.4. The van der Waals surface area contributed by atoms with Crippen molar-refractivity contribution >= 4 is 17.8 Å². The van der Waals surface area contributed by atoms with Crippen molar-refractivity contribution in [1.29, 1.82) is 0 Å². The second-order valence-corrected chi connectivity index (χ2v) is 19.5. The van der Waals surface area contributed by atoms with Gasteiger partial charge in [-0.25, -0.2) is 4.79 Å². The summed E-state index contributed by atoms with van der Waals surface area (Å²) in [4.78, 5) is 40.9. The molecule has 2 amide bonds. The smallest absolute Gasteiger partial charge is 0.333 e. The molecule has 6 rings (SSSR count). The van der Waals surface area contributed by atoms with Gasteiger partial charge in [-0.1, -0.05) is 0 Å². The largest absolute Gasteiger partial charge is 0.394 e. The first kappa shape index (κ1) is 61.8. The van der Waals surface area contributed by atoms with E-state index in [2.05, 4.69) is 0 Å². The highest BCUT2D eigenvalue weighted by Crippen LogP contribution is 2.40. The Morgan fingerprint density at radius 2 is 1.09 bits per heavy atom. The van der Waals surface area contributed by atoms with E-state index in [1.165, 1.54) is 20.8 Å². The van der Waals surface area contributed by atoms with Crippen LogP contribution in [0.4, 0.5) is 0 Å². The van der Waals surface area contributed by atoms with Gasteiger partial charge in [-0.15, -0.1) is 5.06 Å². The lowest BCUT2D eigenvalue weighted by Crippen LogP contribution is -2.68. The molecular weight excluding hydrogens is 1020 g/mol. The number of aliphatic hydroxyl groups excluding tert-OH is 13. The monoisotopic (exact) mass is 1100 g/mol. The number of rotatable bonds is 23. The molecule has 434 valence electrons. The molecule has 6 aliphatic heterocycles. The Bertz CT molecular complexity index is 1840. The average Bonchev–Trinajstić information content (AvgIpc) is 3.80. The zero-order chi connectivity index (χ0) is 55.4. The molecule has 24 atom stereocenters. The molecule has 6 saturated heterocycles. The number of ether oxygens (including phenoxy) is 12. The molecule has 6 heterocycles. The zero-order valence-electron chi connectivity index (χ0n) is 41.7. The summed E-state index contributed by atoms with van der Waals surface area (Å²) in [6.45, 7) is 3.28. The Hall–Kier alpha value is -2.43. The van der Waals surface area contributed by atoms with Gasteiger partial charge in [0.1, 0.15) is 110 Å². The van der Waals surface area contributed by atoms with Crippen LogP contribution in [0.5, 0.6) is 0 Å². The molecule has 0 aromatic heterocycles. The normalized spacial score (nSPS) is 43.9. The minimum atomic E-state index is -2.96. The highest BCUT2D eigenvalue weighted by Gasteiger charge is 2.62. The summed E-state index contributed by atoms with van der Waals surface area (Å²) in [5, 5.41) is 154. The van der Waals surface area contributed by atoms with Crippen LogP contribution in [0.3, 0.4) is 0 Å². The number of carbonyl (C=O) groups is 3. The van der Waals surface area contributed by atoms with E-state index in [4.69, 9.17) is 61.7 Å². The third-order valence-corrected chi connectivity index (χ3v) is 13.4. The van der Waals surface area contributed by atoms with Gasteiger partial charge in [0.15, 0.2) is 31.3 Å². The van der Waals surface area contributed by atoms with Gasteiger partial charge in [0, 0.05) is 26.1 Å². The van der Waals surface area contributed by atoms with Crippen molar-refractivity contribution < 1.29 is 148 Å². The van der Waals surface area contributed by atoms with Gasteiger partial charge in [-0.05, 0) is 41.0 Å². The molecular formula is C44H73NO30. The van der Waals surface area contributed by atoms with Crippen LogP contribution in [-0.4, -0.2) is 293 Å². The minimum Gasteiger partial charge on any atom is -0.394 e. The Labute approximate surface area is 428 Å². The third-order valence-electron chi connectivity index (χ3n) is 13.4. The Morgan fingerprint density at radius 1 is 0.627 bits per heavy atom. The van der Waals surface area contributed by atoms with E-state index in [9.17, 15) is 85.9 Å². The fraction of sp³-hybridized carbons (Fsp3) is 0.932. The second kappa shape index (κ2) is 26.2. The van der Waals surface area contributed by atoms with Gasteiger partial charge in [0.2, 0.25) is 0 Å². The number of hydroxylamine groups is 2. The highest BCUT2D eigenvalue weighted by atomic mass is 16.9. The van der Waals surface area contributed by atoms with Crippen LogP contribution in [0.1, 0.15) is 60.3 Å². The average molecular weight is 1100 g/mol. The molecule has 0 aromatic rings. The second-order valence-electron chi connectivity index (χ2n) is 19.5. The summed E-state index contributed by atoms with van der Waals surface area (Å²) >= 11 is 0. The van der Waals surface area contributed by atoms with Gasteiger partial charge >= 0.3 is 11.9 Å². The fourth-order valence-corrected chi connectivity index (χ4v) is 9.37. The maximum atomic E-state index is 12.3. The van der Waals surface area contributed by atoms with E-state index < -0.39 is 203 Å². The summed E-state index contributed by atoms with van der Waals surface area (Å²) in [6, 6.07) is 0. The number of nitrogens with zero attached hydrogens (tertiary/aromatic N) is 1. The van der Waals surface area contributed by atoms with Gasteiger partial charge in [-0.2, -0.15) is 0 Å². The maximum absolute atomic E-state index is 12.3. The minimum absolute atomic E-state index is 0.0148. The number of aliphatic hydroxyl groups is 14. The van der Waals surface area contributed by atoms with E-state index >= 15 is 0 Å². The molecule has 14 N–H and O–H groups in total. The SMILES string of the molecule is CCO[C@@]1(O)O[C@H](OC2C(O)[C@H](O)C(CO)O[C@@H]2OC2C(O)[C@@H](OC3C(O)[C@@H](C(C)(C)OCCCC(=O)ON4C(=O)CCC4=O)OC(CO)[C@H]3O)OC(CO)[C@@H]2O)C(O[C@H]2OC(CO)[C@@H](O)C(O)C2OC(C)C)C1O. The first-order chi connectivity index (χ1) is 35.4. The predicted molar refractivity (Wildman–Crippen MR) is 234 cm³/mol. The zero-order valence-corrected chi connectivity index (χ0v) is 41.7. The van der Waals surface area contributed by atoms with E-state index in [0.717, 1.165) is 0 Å². The van der Waals surface area contributed by atoms with Crippen molar-refractivity contribution in [1.82, 2.24) is 5.06 Å². The molecule has 6 aliphatic rings. The van der Waals surface area contributed by atoms with Crippen LogP contribution in [0.15, 0.2) is 0 Å². The molecule has 31 nitrogen and oxygen atoms in total. The van der Waals surface area contributed by atoms with Crippen molar-refractivity contribution in [3.8, 4) is 0 Å². The van der Waals surface area contributed by atoms with Gasteiger partial charge in [0.05, 0.1) is 44.6 Å². The van der Waals surface area contributed by atoms with E-state index in [0.29, 0.717) is 5.06 Å². The van der Waals surface area contributed by atoms with Crippen LogP contribution in [-0.2, 0) is 76.1 Å². The maximum Gasteiger partial charge on any atom is 0.333 e. The van der Waals surface area contributed by atoms with Crippen LogP contribution in [0, 0.1) is 0 Å². The summed E-state index contributed by atoms with van der Waals surface area (Å²) < 4.78 is 69.6. The van der Waals surface area contributed by atoms with Crippen LogP contribution < -0.4 is 0 Å². The van der Waals surface area contributed by atoms with E-state index in [1.54, 1.807) is 13.8 Å². The molecule has 75 heavy (non-hydrogen) atoms. The van der Waals surface area contributed by atoms with Crippen LogP contribution >= 0.6 is 0 Å². The quantitative estimate of drug-likeness (QED) is 0.0257. The fourth-order valence-electron chi connectivity index (χ4n) is 9.37. The number of imide groups is 1. The molecule has 0 radical (unpaired) electrons. The number of amides is 2. The molecule has 31 heteroatoms. The van der Waals surface area contributed by atoms with Crippen LogP contribution in [0.25, 0.3) is 0 Å². The van der Waals surface area contributed by atoms with Crippen molar-refractivity contribution in [2.75, 3.05) is 39.6 Å². The molecule has 0 spiro atoms. The summed E-state index contributed by atoms with van der Waals surface area (Å²) in [5.74, 6) is -5.20. The third kappa shape index (κ3) is 13.6. The number of hydrogen-bond donors (Lipinski definition) is 14. The first-order valence-electron chi connectivity index (χ1n) is 24.6. The molecule has 14 unspecified atom stereocenters. The van der Waals surface area contributed by atoms with Gasteiger partial charge in [0.25, 0.3) is 11.8 Å². The topological polar surface area (TPSA) is 458 Å². The summed E-state index contributed by atoms with van der Waals surface area (Å²) in [5.41, 5.74) is -1.51. The molecule has 6 fully saturated rings. The molecule has 0 saturated carbocycles. The number of carbonyl (C=O) groups excluding carboxylic acids is 3. The van der Waals surface area contributed by atoms with Crippen molar-refractivity contribution in [3.63, 3.8) is 0 Å². The lowest BCUT2D eigenvalue weighted by Gasteiger charge is -2.50. The lowest BCUT2D eigenvalue weighted by molar-refractivity contribution is -0.413. The van der Waals surface area contributed by atoms with Crippen molar-refractivity contribution in [2.24, 2.45) is 0 Å². The Balaban J connectivity index is 1.21. The lowest BCUT2D eigenvalue weighted by atomic mass is 9.86. The Morgan fingerprint density at radius 3 is 1.64 bits per heavy atom. The van der Waals surface area contributed by atoms with Crippen molar-refractivity contribution in [3.05, 3.63) is 0 Å². The van der Waals surface area contributed by atoms with E-state index in [-0.39, 0.29) is 38.9 Å². The van der Waals surface area contributed by atoms with E-state index in [1.807, 2.05) is 0 Å². The summed E-state index contributed by atoms with van der Waals surface area (Å²) in [7, 11) is 0. The molecule has 0 aliphatic carbocycles. The number of hydrogen-bond acceptors (Lipinski definition) is 30. The predicted octanol–water partition coefficient (Wildman–Crippen LogP) is -8.30. The van der Waals surface area contributed by atoms with Crippen LogP contribution in [0.2, 0.25) is 0 Å². The van der Waals surface area contributed by atoms with Gasteiger partial charge < -0.3 is 128 Å². The molecule has 0 bridgehead atoms. The molecule has 0 aromatic carbocycles. The highest BCUT2D eigenvalue weighted by molar-refractivity contribution is 6.01. The van der Waals surface area contributed by atoms with Crippen molar-refractivity contribution in [2.45, 2.75) is 219 Å². The van der Waals surface area contributed by atoms with Gasteiger partial charge in [-0.3, -0.25) is 14.3 Å².